The molecular formula is C30H35N7O6S. The second-order valence-corrected chi connectivity index (χ2v) is 10.8. The number of carboxylic acids is 1. The molecule has 10 N–H and O–H groups in total. The van der Waals surface area contributed by atoms with Crippen LogP contribution in [-0.2, 0) is 36.8 Å². The van der Waals surface area contributed by atoms with Crippen LogP contribution in [0.4, 0.5) is 0 Å². The summed E-state index contributed by atoms with van der Waals surface area (Å²) in [7, 11) is 0. The predicted molar refractivity (Wildman–Crippen MR) is 168 cm³/mol. The van der Waals surface area contributed by atoms with Crippen LogP contribution in [0.15, 0.2) is 60.9 Å². The number of aromatic nitrogens is 2. The summed E-state index contributed by atoms with van der Waals surface area (Å²) in [4.78, 5) is 69.1. The van der Waals surface area contributed by atoms with Gasteiger partial charge in [0.05, 0.1) is 6.04 Å². The molecule has 232 valence electrons. The minimum atomic E-state index is -1.29. The third-order valence-corrected chi connectivity index (χ3v) is 7.66. The maximum Gasteiger partial charge on any atom is 0.326 e. The van der Waals surface area contributed by atoms with Crippen molar-refractivity contribution in [2.24, 2.45) is 11.5 Å². The summed E-state index contributed by atoms with van der Waals surface area (Å²) in [6.07, 6.45) is 3.33. The van der Waals surface area contributed by atoms with Crippen LogP contribution in [-0.4, -0.2) is 74.6 Å². The molecule has 0 aliphatic carbocycles. The normalized spacial score (nSPS) is 14.0. The number of H-pyrrole nitrogens is 2. The number of benzene rings is 2. The number of fused-ring (bicyclic) bond motifs is 2. The Kier molecular flexibility index (Phi) is 10.6. The number of carboxylic acid groups (broad SMARTS) is 1. The largest absolute Gasteiger partial charge is 0.480 e. The molecular weight excluding hydrogens is 586 g/mol. The summed E-state index contributed by atoms with van der Waals surface area (Å²) < 4.78 is 0. The third kappa shape index (κ3) is 7.96. The maximum atomic E-state index is 13.5. The molecule has 0 radical (unpaired) electrons. The lowest BCUT2D eigenvalue weighted by Crippen LogP contribution is -2.58. The van der Waals surface area contributed by atoms with Crippen molar-refractivity contribution in [3.05, 3.63) is 72.1 Å². The molecule has 0 aliphatic rings. The van der Waals surface area contributed by atoms with E-state index in [1.165, 1.54) is 0 Å². The molecule has 0 fully saturated rings. The van der Waals surface area contributed by atoms with Gasteiger partial charge in [-0.25, -0.2) is 4.79 Å². The van der Waals surface area contributed by atoms with Crippen LogP contribution >= 0.6 is 12.6 Å². The SMILES string of the molecule is NC(=O)CCC(N)C(=O)NC(Cc1c[nH]c2ccccc12)C(=O)NC(CS)C(=O)NC(Cc1c[nH]c2ccccc12)C(=O)O. The minimum absolute atomic E-state index is 0.000756. The molecule has 0 saturated carbocycles. The van der Waals surface area contributed by atoms with Gasteiger partial charge in [0.1, 0.15) is 18.1 Å². The highest BCUT2D eigenvalue weighted by Crippen LogP contribution is 2.20. The Labute approximate surface area is 257 Å². The quantitative estimate of drug-likeness (QED) is 0.0853. The lowest BCUT2D eigenvalue weighted by molar-refractivity contribution is -0.142. The van der Waals surface area contributed by atoms with Gasteiger partial charge in [-0.2, -0.15) is 12.6 Å². The molecule has 0 aliphatic heterocycles. The smallest absolute Gasteiger partial charge is 0.326 e. The Hall–Kier alpha value is -4.82. The van der Waals surface area contributed by atoms with Gasteiger partial charge in [-0.05, 0) is 29.7 Å². The third-order valence-electron chi connectivity index (χ3n) is 7.30. The zero-order valence-corrected chi connectivity index (χ0v) is 24.6. The fraction of sp³-hybridized carbons (Fsp3) is 0.300. The van der Waals surface area contributed by atoms with Gasteiger partial charge >= 0.3 is 5.97 Å². The molecule has 0 saturated heterocycles. The van der Waals surface area contributed by atoms with Crippen molar-refractivity contribution in [2.75, 3.05) is 5.75 Å². The predicted octanol–water partition coefficient (Wildman–Crippen LogP) is 0.496. The summed E-state index contributed by atoms with van der Waals surface area (Å²) >= 11 is 4.21. The Bertz CT molecular complexity index is 1670. The first-order chi connectivity index (χ1) is 21.1. The Balaban J connectivity index is 1.49. The van der Waals surface area contributed by atoms with Crippen LogP contribution in [0.2, 0.25) is 0 Å². The number of thiol groups is 1. The highest BCUT2D eigenvalue weighted by Gasteiger charge is 2.31. The molecule has 4 rings (SSSR count). The van der Waals surface area contributed by atoms with E-state index in [0.717, 1.165) is 27.4 Å². The summed E-state index contributed by atoms with van der Waals surface area (Å²) in [5, 5.41) is 19.2. The first kappa shape index (κ1) is 32.1. The molecule has 14 heteroatoms. The molecule has 4 amide bonds. The van der Waals surface area contributed by atoms with Crippen LogP contribution < -0.4 is 27.4 Å². The zero-order chi connectivity index (χ0) is 31.8. The number of hydrogen-bond acceptors (Lipinski definition) is 7. The van der Waals surface area contributed by atoms with E-state index < -0.39 is 53.8 Å². The average Bonchev–Trinajstić information content (AvgIpc) is 3.61. The number of amides is 4. The Morgan fingerprint density at radius 1 is 0.750 bits per heavy atom. The molecule has 13 nitrogen and oxygen atoms in total. The van der Waals surface area contributed by atoms with E-state index in [2.05, 4.69) is 38.5 Å². The van der Waals surface area contributed by atoms with Crippen molar-refractivity contribution in [1.29, 1.82) is 0 Å². The molecule has 4 unspecified atom stereocenters. The van der Waals surface area contributed by atoms with Gasteiger partial charge in [0.2, 0.25) is 23.6 Å². The van der Waals surface area contributed by atoms with Gasteiger partial charge in [-0.15, -0.1) is 0 Å². The first-order valence-corrected chi connectivity index (χ1v) is 14.6. The van der Waals surface area contributed by atoms with Crippen LogP contribution in [0.3, 0.4) is 0 Å². The van der Waals surface area contributed by atoms with Gasteiger partial charge in [0.25, 0.3) is 0 Å². The van der Waals surface area contributed by atoms with Crippen LogP contribution in [0.25, 0.3) is 21.8 Å². The molecule has 2 aromatic heterocycles. The van der Waals surface area contributed by atoms with E-state index >= 15 is 0 Å². The fourth-order valence-corrected chi connectivity index (χ4v) is 5.15. The number of aliphatic carboxylic acids is 1. The number of carbonyl (C=O) groups excluding carboxylic acids is 4. The van der Waals surface area contributed by atoms with Crippen molar-refractivity contribution in [3.8, 4) is 0 Å². The van der Waals surface area contributed by atoms with Crippen molar-refractivity contribution < 1.29 is 29.1 Å². The van der Waals surface area contributed by atoms with Crippen molar-refractivity contribution in [3.63, 3.8) is 0 Å². The van der Waals surface area contributed by atoms with Gasteiger partial charge in [-0.1, -0.05) is 36.4 Å². The van der Waals surface area contributed by atoms with Crippen molar-refractivity contribution in [2.45, 2.75) is 49.9 Å². The zero-order valence-electron chi connectivity index (χ0n) is 23.7. The van der Waals surface area contributed by atoms with E-state index in [0.29, 0.717) is 5.56 Å². The summed E-state index contributed by atoms with van der Waals surface area (Å²) in [5.41, 5.74) is 14.2. The van der Waals surface area contributed by atoms with E-state index in [-0.39, 0.29) is 31.4 Å². The van der Waals surface area contributed by atoms with Gasteiger partial charge in [-0.3, -0.25) is 19.2 Å². The molecule has 2 aromatic carbocycles. The minimum Gasteiger partial charge on any atom is -0.480 e. The van der Waals surface area contributed by atoms with E-state index in [4.69, 9.17) is 11.5 Å². The van der Waals surface area contributed by atoms with Crippen molar-refractivity contribution in [1.82, 2.24) is 25.9 Å². The van der Waals surface area contributed by atoms with Gasteiger partial charge in [0.15, 0.2) is 0 Å². The second-order valence-electron chi connectivity index (χ2n) is 10.4. The monoisotopic (exact) mass is 621 g/mol. The van der Waals surface area contributed by atoms with Crippen LogP contribution in [0, 0.1) is 0 Å². The molecule has 0 spiro atoms. The number of para-hydroxylation sites is 2. The van der Waals surface area contributed by atoms with Gasteiger partial charge < -0.3 is 42.5 Å². The summed E-state index contributed by atoms with van der Waals surface area (Å²) in [5.74, 6) is -4.15. The number of carbonyl (C=O) groups is 5. The molecule has 0 bridgehead atoms. The van der Waals surface area contributed by atoms with E-state index in [1.54, 1.807) is 12.4 Å². The summed E-state index contributed by atoms with van der Waals surface area (Å²) in [6.45, 7) is 0. The molecule has 4 atom stereocenters. The topological polar surface area (TPSA) is 225 Å². The van der Waals surface area contributed by atoms with Crippen molar-refractivity contribution >= 4 is 64.0 Å². The molecule has 4 aromatic rings. The standard InChI is InChI=1S/C30H35N7O6S/c31-20(9-10-26(32)38)27(39)35-23(11-16-13-33-21-7-3-1-5-18(16)21)28(40)37-25(15-44)29(41)36-24(30(42)43)12-17-14-34-22-8-4-2-6-19(17)22/h1-8,13-14,20,23-25,33-34,44H,9-12,15,31H2,(H2,32,38)(H,35,39)(H,36,41)(H,37,40)(H,42,43). The maximum absolute atomic E-state index is 13.5. The highest BCUT2D eigenvalue weighted by molar-refractivity contribution is 7.80. The highest BCUT2D eigenvalue weighted by atomic mass is 32.1. The van der Waals surface area contributed by atoms with E-state index in [9.17, 15) is 29.1 Å². The lowest BCUT2D eigenvalue weighted by atomic mass is 10.0. The number of nitrogens with two attached hydrogens (primary N) is 2. The Morgan fingerprint density at radius 2 is 1.23 bits per heavy atom. The number of primary amides is 1. The number of rotatable bonds is 15. The number of aromatic amines is 2. The lowest BCUT2D eigenvalue weighted by Gasteiger charge is -2.24. The average molecular weight is 622 g/mol. The summed E-state index contributed by atoms with van der Waals surface area (Å²) in [6, 6.07) is 10.0. The molecule has 44 heavy (non-hydrogen) atoms. The number of nitrogens with one attached hydrogen (secondary N) is 5. The number of hydrogen-bond donors (Lipinski definition) is 9. The van der Waals surface area contributed by atoms with Crippen LogP contribution in [0.1, 0.15) is 24.0 Å². The second kappa shape index (κ2) is 14.6. The van der Waals surface area contributed by atoms with Gasteiger partial charge in [0, 0.05) is 59.2 Å². The van der Waals surface area contributed by atoms with E-state index in [1.807, 2.05) is 48.5 Å². The first-order valence-electron chi connectivity index (χ1n) is 14.0. The molecule has 2 heterocycles. The Morgan fingerprint density at radius 3 is 1.75 bits per heavy atom. The fourth-order valence-electron chi connectivity index (χ4n) is 4.90. The van der Waals surface area contributed by atoms with Crippen LogP contribution in [0.5, 0.6) is 0 Å².